The summed E-state index contributed by atoms with van der Waals surface area (Å²) in [6, 6.07) is 4.48. The number of amides is 1. The minimum atomic E-state index is -1.04. The first-order valence-electron chi connectivity index (χ1n) is 7.52. The number of hydrogen-bond donors (Lipinski definition) is 2. The zero-order valence-electron chi connectivity index (χ0n) is 13.5. The summed E-state index contributed by atoms with van der Waals surface area (Å²) in [6.45, 7) is 3.76. The van der Waals surface area contributed by atoms with Crippen LogP contribution in [0.4, 0.5) is 0 Å². The molecule has 0 radical (unpaired) electrons. The van der Waals surface area contributed by atoms with Crippen LogP contribution in [0.1, 0.15) is 25.8 Å². The highest BCUT2D eigenvalue weighted by Crippen LogP contribution is 2.35. The van der Waals surface area contributed by atoms with Gasteiger partial charge in [-0.2, -0.15) is 0 Å². The summed E-state index contributed by atoms with van der Waals surface area (Å²) in [4.78, 5) is 23.7. The van der Waals surface area contributed by atoms with Crippen LogP contribution in [-0.4, -0.2) is 36.7 Å². The molecule has 0 aliphatic carbocycles. The number of carbonyl (C=O) groups excluding carboxylic acids is 1. The smallest absolute Gasteiger partial charge is 0.326 e. The predicted octanol–water partition coefficient (Wildman–Crippen LogP) is 2.09. The second-order valence-electron chi connectivity index (χ2n) is 5.51. The molecule has 1 aliphatic rings. The number of carboxylic acid groups (broad SMARTS) is 1. The number of methoxy groups -OCH3 is 1. The number of carboxylic acids is 1. The van der Waals surface area contributed by atoms with Gasteiger partial charge in [0, 0.05) is 5.56 Å². The normalized spacial score (nSPS) is 15.5. The highest BCUT2D eigenvalue weighted by molar-refractivity contribution is 6.01. The first-order valence-corrected chi connectivity index (χ1v) is 7.52. The lowest BCUT2D eigenvalue weighted by molar-refractivity contribution is -0.142. The monoisotopic (exact) mass is 319 g/mol. The van der Waals surface area contributed by atoms with Gasteiger partial charge < -0.3 is 19.9 Å². The Kier molecular flexibility index (Phi) is 5.26. The number of ether oxygens (including phenoxy) is 2. The number of benzene rings is 1. The highest BCUT2D eigenvalue weighted by atomic mass is 16.5. The molecule has 1 aliphatic heterocycles. The molecule has 2 N–H and O–H groups in total. The van der Waals surface area contributed by atoms with Crippen molar-refractivity contribution in [2.24, 2.45) is 5.92 Å². The Balaban J connectivity index is 2.20. The summed E-state index contributed by atoms with van der Waals surface area (Å²) in [5.41, 5.74) is 1.12. The Morgan fingerprint density at radius 3 is 2.78 bits per heavy atom. The van der Waals surface area contributed by atoms with Crippen LogP contribution in [0.3, 0.4) is 0 Å². The van der Waals surface area contributed by atoms with E-state index in [1.165, 1.54) is 0 Å². The van der Waals surface area contributed by atoms with Crippen molar-refractivity contribution in [2.45, 2.75) is 26.3 Å². The number of rotatable bonds is 6. The lowest BCUT2D eigenvalue weighted by Crippen LogP contribution is -2.46. The molecule has 2 rings (SSSR count). The first kappa shape index (κ1) is 16.9. The average Bonchev–Trinajstić information content (AvgIpc) is 2.57. The Bertz CT molecular complexity index is 638. The van der Waals surface area contributed by atoms with Gasteiger partial charge in [0.25, 0.3) is 5.91 Å². The van der Waals surface area contributed by atoms with Crippen molar-refractivity contribution < 1.29 is 24.2 Å². The lowest BCUT2D eigenvalue weighted by atomic mass is 9.98. The molecule has 0 spiro atoms. The van der Waals surface area contributed by atoms with E-state index in [1.807, 2.05) is 13.0 Å². The van der Waals surface area contributed by atoms with Crippen molar-refractivity contribution in [3.8, 4) is 11.5 Å². The van der Waals surface area contributed by atoms with Crippen LogP contribution in [0.15, 0.2) is 23.8 Å². The third kappa shape index (κ3) is 3.64. The molecule has 2 atom stereocenters. The molecule has 1 heterocycles. The fourth-order valence-corrected chi connectivity index (χ4v) is 2.39. The van der Waals surface area contributed by atoms with Gasteiger partial charge in [0.15, 0.2) is 11.5 Å². The standard InChI is InChI=1S/C17H21NO5/c1-4-10(2)14(17(20)21)18-16(19)12-8-11-6-5-7-13(22-3)15(11)23-9-12/h5-8,10,14H,4,9H2,1-3H3,(H,18,19)(H,20,21). The number of fused-ring (bicyclic) bond motifs is 1. The van der Waals surface area contributed by atoms with Gasteiger partial charge in [-0.15, -0.1) is 0 Å². The van der Waals surface area contributed by atoms with Gasteiger partial charge in [-0.1, -0.05) is 32.4 Å². The van der Waals surface area contributed by atoms with E-state index < -0.39 is 17.9 Å². The van der Waals surface area contributed by atoms with Crippen molar-refractivity contribution in [1.29, 1.82) is 0 Å². The van der Waals surface area contributed by atoms with Crippen LogP contribution in [0, 0.1) is 5.92 Å². The van der Waals surface area contributed by atoms with Crippen LogP contribution in [-0.2, 0) is 9.59 Å². The van der Waals surface area contributed by atoms with E-state index in [1.54, 1.807) is 32.2 Å². The summed E-state index contributed by atoms with van der Waals surface area (Å²) in [5.74, 6) is -0.434. The van der Waals surface area contributed by atoms with Crippen LogP contribution in [0.2, 0.25) is 0 Å². The molecule has 23 heavy (non-hydrogen) atoms. The lowest BCUT2D eigenvalue weighted by Gasteiger charge is -2.23. The number of carbonyl (C=O) groups is 2. The van der Waals surface area contributed by atoms with Crippen LogP contribution < -0.4 is 14.8 Å². The minimum Gasteiger partial charge on any atom is -0.493 e. The number of para-hydroxylation sites is 1. The summed E-state index contributed by atoms with van der Waals surface area (Å²) >= 11 is 0. The molecular weight excluding hydrogens is 298 g/mol. The molecule has 0 saturated carbocycles. The molecule has 6 nitrogen and oxygen atoms in total. The second-order valence-corrected chi connectivity index (χ2v) is 5.51. The molecule has 124 valence electrons. The zero-order chi connectivity index (χ0) is 17.0. The fraction of sp³-hybridized carbons (Fsp3) is 0.412. The van der Waals surface area contributed by atoms with Crippen molar-refractivity contribution in [3.05, 3.63) is 29.3 Å². The summed E-state index contributed by atoms with van der Waals surface area (Å²) in [7, 11) is 1.55. The largest absolute Gasteiger partial charge is 0.493 e. The van der Waals surface area contributed by atoms with E-state index in [9.17, 15) is 14.7 Å². The first-order chi connectivity index (χ1) is 11.0. The fourth-order valence-electron chi connectivity index (χ4n) is 2.39. The van der Waals surface area contributed by atoms with Gasteiger partial charge in [0.05, 0.1) is 12.7 Å². The van der Waals surface area contributed by atoms with Gasteiger partial charge in [0.2, 0.25) is 0 Å². The molecule has 2 unspecified atom stereocenters. The van der Waals surface area contributed by atoms with E-state index >= 15 is 0 Å². The zero-order valence-corrected chi connectivity index (χ0v) is 13.5. The Labute approximate surface area is 135 Å². The van der Waals surface area contributed by atoms with Gasteiger partial charge in [0.1, 0.15) is 12.6 Å². The van der Waals surface area contributed by atoms with Crippen molar-refractivity contribution in [2.75, 3.05) is 13.7 Å². The molecule has 6 heteroatoms. The van der Waals surface area contributed by atoms with E-state index in [4.69, 9.17) is 9.47 Å². The predicted molar refractivity (Wildman–Crippen MR) is 85.5 cm³/mol. The van der Waals surface area contributed by atoms with Gasteiger partial charge >= 0.3 is 5.97 Å². The van der Waals surface area contributed by atoms with Crippen LogP contribution >= 0.6 is 0 Å². The van der Waals surface area contributed by atoms with Gasteiger partial charge in [-0.3, -0.25) is 4.79 Å². The molecule has 0 aromatic heterocycles. The maximum absolute atomic E-state index is 12.3. The third-order valence-electron chi connectivity index (χ3n) is 3.99. The Morgan fingerprint density at radius 1 is 1.43 bits per heavy atom. The Hall–Kier alpha value is -2.50. The average molecular weight is 319 g/mol. The number of aliphatic carboxylic acids is 1. The SMILES string of the molecule is CCC(C)C(NC(=O)C1=Cc2cccc(OC)c2OC1)C(=O)O. The maximum Gasteiger partial charge on any atom is 0.326 e. The van der Waals surface area contributed by atoms with Crippen molar-refractivity contribution in [3.63, 3.8) is 0 Å². The summed E-state index contributed by atoms with van der Waals surface area (Å²) in [6.07, 6.45) is 2.36. The third-order valence-corrected chi connectivity index (χ3v) is 3.99. The molecule has 0 fully saturated rings. The molecular formula is C17H21NO5. The molecule has 0 bridgehead atoms. The molecule has 1 amide bonds. The molecule has 1 aromatic carbocycles. The minimum absolute atomic E-state index is 0.0754. The molecule has 0 saturated heterocycles. The van der Waals surface area contributed by atoms with E-state index in [0.717, 1.165) is 5.56 Å². The van der Waals surface area contributed by atoms with E-state index in [2.05, 4.69) is 5.32 Å². The second kappa shape index (κ2) is 7.17. The maximum atomic E-state index is 12.3. The van der Waals surface area contributed by atoms with E-state index in [-0.39, 0.29) is 12.5 Å². The van der Waals surface area contributed by atoms with Crippen LogP contribution in [0.25, 0.3) is 6.08 Å². The number of nitrogens with one attached hydrogen (secondary N) is 1. The van der Waals surface area contributed by atoms with Crippen molar-refractivity contribution in [1.82, 2.24) is 5.32 Å². The topological polar surface area (TPSA) is 84.9 Å². The summed E-state index contributed by atoms with van der Waals surface area (Å²) < 4.78 is 10.8. The quantitative estimate of drug-likeness (QED) is 0.838. The van der Waals surface area contributed by atoms with Crippen molar-refractivity contribution >= 4 is 18.0 Å². The summed E-state index contributed by atoms with van der Waals surface area (Å²) in [5, 5.41) is 11.8. The Morgan fingerprint density at radius 2 is 2.17 bits per heavy atom. The van der Waals surface area contributed by atoms with Crippen LogP contribution in [0.5, 0.6) is 11.5 Å². The number of hydrogen-bond acceptors (Lipinski definition) is 4. The highest BCUT2D eigenvalue weighted by Gasteiger charge is 2.28. The van der Waals surface area contributed by atoms with Gasteiger partial charge in [-0.25, -0.2) is 4.79 Å². The molecule has 1 aromatic rings. The van der Waals surface area contributed by atoms with E-state index in [0.29, 0.717) is 23.5 Å². The van der Waals surface area contributed by atoms with Gasteiger partial charge in [-0.05, 0) is 18.1 Å².